The molecule has 2 fully saturated rings. The van der Waals surface area contributed by atoms with E-state index in [0.29, 0.717) is 47.0 Å². The smallest absolute Gasteiger partial charge is 0.264 e. The number of fused-ring (bicyclic) bond motifs is 2. The zero-order valence-corrected chi connectivity index (χ0v) is 32.6. The van der Waals surface area contributed by atoms with Crippen molar-refractivity contribution in [3.8, 4) is 28.3 Å². The van der Waals surface area contributed by atoms with Crippen LogP contribution in [-0.2, 0) is 26.3 Å². The Morgan fingerprint density at radius 3 is 2.45 bits per heavy atom. The molecule has 1 atom stereocenters. The highest BCUT2D eigenvalue weighted by Gasteiger charge is 2.45. The number of carbonyl (C=O) groups is 5. The van der Waals surface area contributed by atoms with E-state index >= 15 is 0 Å². The Morgan fingerprint density at radius 2 is 1.68 bits per heavy atom. The second-order valence-corrected chi connectivity index (χ2v) is 15.5. The number of carbonyl (C=O) groups excluding carboxylic acids is 5. The molecule has 15 nitrogen and oxygen atoms in total. The minimum absolute atomic E-state index is 0.0356. The summed E-state index contributed by atoms with van der Waals surface area (Å²) in [7, 11) is 0. The zero-order valence-electron chi connectivity index (χ0n) is 32.6. The van der Waals surface area contributed by atoms with Crippen molar-refractivity contribution < 1.29 is 24.0 Å². The summed E-state index contributed by atoms with van der Waals surface area (Å²) in [5, 5.41) is 8.28. The fraction of sp³-hybridized carbons (Fsp3) is 0.244. The Hall–Kier alpha value is -7.26. The van der Waals surface area contributed by atoms with E-state index in [1.807, 2.05) is 47.0 Å². The number of imidazole rings is 1. The average Bonchev–Trinajstić information content (AvgIpc) is 3.74. The number of amides is 5. The molecule has 9 rings (SSSR count). The quantitative estimate of drug-likeness (QED) is 0.107. The second-order valence-electron chi connectivity index (χ2n) is 15.5. The monoisotopic (exact) mass is 802 g/mol. The van der Waals surface area contributed by atoms with Crippen LogP contribution >= 0.6 is 0 Å². The predicted molar refractivity (Wildman–Crippen MR) is 225 cm³/mol. The van der Waals surface area contributed by atoms with Gasteiger partial charge in [0, 0.05) is 54.6 Å². The van der Waals surface area contributed by atoms with E-state index in [1.54, 1.807) is 18.3 Å². The van der Waals surface area contributed by atoms with Crippen LogP contribution in [-0.4, -0.2) is 73.1 Å². The molecule has 7 N–H and O–H groups in total. The molecule has 0 radical (unpaired) electrons. The summed E-state index contributed by atoms with van der Waals surface area (Å²) in [6.45, 7) is 0.599. The SMILES string of the molecule is Nc1ncccc1-c1nc2ccc(-c3cccc(CCNC(=O)CCNc4cccc5c4C(=O)N(C4CCC(=O)NC4=O)C5=O)c3)nc2n1-c1ccc(C2(N)CCC2)cc1. The van der Waals surface area contributed by atoms with E-state index in [4.69, 9.17) is 21.4 Å². The van der Waals surface area contributed by atoms with Crippen LogP contribution in [0.15, 0.2) is 97.2 Å². The lowest BCUT2D eigenvalue weighted by molar-refractivity contribution is -0.136. The molecule has 5 amide bonds. The maximum absolute atomic E-state index is 13.4. The number of imide groups is 2. The molecule has 1 aliphatic carbocycles. The van der Waals surface area contributed by atoms with Gasteiger partial charge in [-0.3, -0.25) is 38.8 Å². The highest BCUT2D eigenvalue weighted by atomic mass is 16.2. The lowest BCUT2D eigenvalue weighted by Gasteiger charge is -2.38. The third-order valence-corrected chi connectivity index (χ3v) is 11.6. The number of nitrogens with two attached hydrogens (primary N) is 2. The number of hydrogen-bond acceptors (Lipinski definition) is 11. The van der Waals surface area contributed by atoms with Crippen LogP contribution in [0.4, 0.5) is 11.5 Å². The molecule has 6 aromatic rings. The Kier molecular flexibility index (Phi) is 9.88. The predicted octanol–water partition coefficient (Wildman–Crippen LogP) is 4.63. The molecule has 60 heavy (non-hydrogen) atoms. The topological polar surface area (TPSA) is 220 Å². The molecular formula is C45H42N10O5. The highest BCUT2D eigenvalue weighted by molar-refractivity contribution is 6.25. The Balaban J connectivity index is 0.860. The molecule has 0 spiro atoms. The molecule has 3 aliphatic rings. The number of aromatic nitrogens is 4. The number of piperidine rings is 1. The van der Waals surface area contributed by atoms with Gasteiger partial charge in [-0.1, -0.05) is 36.4 Å². The van der Waals surface area contributed by atoms with E-state index in [0.717, 1.165) is 52.2 Å². The molecule has 1 saturated carbocycles. The standard InChI is InChI=1S/C45H42N10O5/c46-39-31(8-3-22-50-39)40-52-34-15-14-32(51-41(34)54(40)29-12-10-28(11-13-29)45(47)20-4-21-45)27-6-1-5-26(25-27)18-23-49-36(56)19-24-48-33-9-2-7-30-38(33)44(60)55(43(30)59)35-16-17-37(57)53-42(35)58/h1-3,5-15,22,25,35,48H,4,16-21,23-24,47H2,(H2,46,50)(H,49,56)(H,53,57,58). The third kappa shape index (κ3) is 7.02. The average molecular weight is 803 g/mol. The molecule has 0 bridgehead atoms. The third-order valence-electron chi connectivity index (χ3n) is 11.6. The van der Waals surface area contributed by atoms with E-state index in [1.165, 1.54) is 6.07 Å². The van der Waals surface area contributed by atoms with Crippen molar-refractivity contribution in [1.82, 2.24) is 35.1 Å². The summed E-state index contributed by atoms with van der Waals surface area (Å²) in [6, 6.07) is 27.7. The van der Waals surface area contributed by atoms with Crippen LogP contribution in [0.2, 0.25) is 0 Å². The molecule has 2 aliphatic heterocycles. The van der Waals surface area contributed by atoms with Gasteiger partial charge in [-0.15, -0.1) is 0 Å². The van der Waals surface area contributed by atoms with Gasteiger partial charge in [0.2, 0.25) is 17.7 Å². The number of anilines is 2. The van der Waals surface area contributed by atoms with Crippen LogP contribution < -0.4 is 27.4 Å². The molecule has 5 heterocycles. The van der Waals surface area contributed by atoms with Crippen molar-refractivity contribution in [2.75, 3.05) is 24.1 Å². The fourth-order valence-electron chi connectivity index (χ4n) is 8.23. The zero-order chi connectivity index (χ0) is 41.5. The Morgan fingerprint density at radius 1 is 0.883 bits per heavy atom. The van der Waals surface area contributed by atoms with Crippen molar-refractivity contribution in [3.05, 3.63) is 119 Å². The molecule has 302 valence electrons. The molecule has 15 heteroatoms. The van der Waals surface area contributed by atoms with Crippen molar-refractivity contribution in [2.24, 2.45) is 5.73 Å². The number of hydrogen-bond donors (Lipinski definition) is 5. The van der Waals surface area contributed by atoms with Gasteiger partial charge in [-0.25, -0.2) is 15.0 Å². The number of benzene rings is 3. The van der Waals surface area contributed by atoms with Gasteiger partial charge >= 0.3 is 0 Å². The van der Waals surface area contributed by atoms with Gasteiger partial charge in [0.1, 0.15) is 17.4 Å². The number of nitrogen functional groups attached to an aromatic ring is 1. The summed E-state index contributed by atoms with van der Waals surface area (Å²) in [5.74, 6) is -1.50. The number of rotatable bonds is 12. The Labute approximate surface area is 344 Å². The van der Waals surface area contributed by atoms with Gasteiger partial charge in [-0.05, 0) is 97.8 Å². The van der Waals surface area contributed by atoms with Crippen molar-refractivity contribution in [3.63, 3.8) is 0 Å². The first-order valence-electron chi connectivity index (χ1n) is 20.0. The fourth-order valence-corrected chi connectivity index (χ4v) is 8.23. The van der Waals surface area contributed by atoms with Crippen LogP contribution in [0.25, 0.3) is 39.5 Å². The minimum Gasteiger partial charge on any atom is -0.384 e. The molecule has 3 aromatic heterocycles. The lowest BCUT2D eigenvalue weighted by atomic mass is 9.73. The van der Waals surface area contributed by atoms with Crippen LogP contribution in [0.3, 0.4) is 0 Å². The first-order chi connectivity index (χ1) is 29.1. The van der Waals surface area contributed by atoms with E-state index in [9.17, 15) is 24.0 Å². The second kappa shape index (κ2) is 15.5. The maximum atomic E-state index is 13.4. The first-order valence-corrected chi connectivity index (χ1v) is 20.0. The normalized spacial score (nSPS) is 17.0. The molecule has 1 saturated heterocycles. The lowest BCUT2D eigenvalue weighted by Crippen LogP contribution is -2.54. The van der Waals surface area contributed by atoms with E-state index < -0.39 is 29.7 Å². The number of nitrogens with zero attached hydrogens (tertiary/aromatic N) is 5. The van der Waals surface area contributed by atoms with Crippen molar-refractivity contribution in [2.45, 2.75) is 56.5 Å². The van der Waals surface area contributed by atoms with Crippen LogP contribution in [0, 0.1) is 0 Å². The van der Waals surface area contributed by atoms with Crippen molar-refractivity contribution >= 4 is 52.2 Å². The molecule has 1 unspecified atom stereocenters. The van der Waals surface area contributed by atoms with E-state index in [-0.39, 0.29) is 48.4 Å². The van der Waals surface area contributed by atoms with Gasteiger partial charge in [0.15, 0.2) is 11.5 Å². The largest absolute Gasteiger partial charge is 0.384 e. The summed E-state index contributed by atoms with van der Waals surface area (Å²) >= 11 is 0. The summed E-state index contributed by atoms with van der Waals surface area (Å²) in [5.41, 5.74) is 20.1. The van der Waals surface area contributed by atoms with E-state index in [2.05, 4.69) is 51.3 Å². The summed E-state index contributed by atoms with van der Waals surface area (Å²) < 4.78 is 2.01. The first kappa shape index (κ1) is 38.3. The van der Waals surface area contributed by atoms with Gasteiger partial charge in [-0.2, -0.15) is 0 Å². The minimum atomic E-state index is -1.06. The summed E-state index contributed by atoms with van der Waals surface area (Å²) in [6.07, 6.45) is 5.50. The Bertz CT molecular complexity index is 2720. The maximum Gasteiger partial charge on any atom is 0.264 e. The number of nitrogens with one attached hydrogen (secondary N) is 3. The summed E-state index contributed by atoms with van der Waals surface area (Å²) in [4.78, 5) is 78.9. The molecular weight excluding hydrogens is 761 g/mol. The van der Waals surface area contributed by atoms with Gasteiger partial charge in [0.25, 0.3) is 11.8 Å². The highest BCUT2D eigenvalue weighted by Crippen LogP contribution is 2.40. The number of pyridine rings is 2. The van der Waals surface area contributed by atoms with Gasteiger partial charge in [0.05, 0.1) is 22.4 Å². The van der Waals surface area contributed by atoms with Crippen molar-refractivity contribution in [1.29, 1.82) is 0 Å². The van der Waals surface area contributed by atoms with Crippen LogP contribution in [0.1, 0.15) is 70.4 Å². The molecule has 3 aromatic carbocycles. The van der Waals surface area contributed by atoms with Crippen LogP contribution in [0.5, 0.6) is 0 Å². The van der Waals surface area contributed by atoms with Gasteiger partial charge < -0.3 is 22.1 Å².